The van der Waals surface area contributed by atoms with Crippen LogP contribution in [0.5, 0.6) is 5.88 Å². The molecule has 1 aliphatic rings. The summed E-state index contributed by atoms with van der Waals surface area (Å²) in [6.45, 7) is 2.20. The Bertz CT molecular complexity index is 466. The zero-order valence-corrected chi connectivity index (χ0v) is 10.0. The molecule has 0 unspecified atom stereocenters. The molecule has 1 aromatic heterocycles. The Labute approximate surface area is 100 Å². The number of aromatic nitrogens is 1. The molecule has 0 saturated carbocycles. The molecule has 2 rings (SSSR count). The van der Waals surface area contributed by atoms with Gasteiger partial charge in [0.2, 0.25) is 5.88 Å². The van der Waals surface area contributed by atoms with E-state index in [-0.39, 0.29) is 5.97 Å². The van der Waals surface area contributed by atoms with Crippen LogP contribution in [0.25, 0.3) is 5.57 Å². The van der Waals surface area contributed by atoms with E-state index in [1.54, 1.807) is 26.3 Å². The van der Waals surface area contributed by atoms with E-state index in [1.807, 2.05) is 6.07 Å². The van der Waals surface area contributed by atoms with Gasteiger partial charge in [0.05, 0.1) is 13.7 Å². The molecule has 1 aliphatic carbocycles. The zero-order chi connectivity index (χ0) is 12.3. The SMILES string of the molecule is CCOC(=O)C=C1CCc2cnc(OC)cc21. The van der Waals surface area contributed by atoms with Crippen molar-refractivity contribution in [2.24, 2.45) is 0 Å². The predicted octanol–water partition coefficient (Wildman–Crippen LogP) is 1.98. The molecule has 0 saturated heterocycles. The van der Waals surface area contributed by atoms with E-state index in [0.29, 0.717) is 12.5 Å². The number of carbonyl (C=O) groups excluding carboxylic acids is 1. The van der Waals surface area contributed by atoms with E-state index in [1.165, 1.54) is 0 Å². The van der Waals surface area contributed by atoms with Crippen LogP contribution in [-0.4, -0.2) is 24.7 Å². The minimum Gasteiger partial charge on any atom is -0.481 e. The van der Waals surface area contributed by atoms with E-state index < -0.39 is 0 Å². The normalized spacial score (nSPS) is 15.8. The maximum Gasteiger partial charge on any atom is 0.331 e. The highest BCUT2D eigenvalue weighted by molar-refractivity contribution is 5.93. The minimum absolute atomic E-state index is 0.286. The van der Waals surface area contributed by atoms with Crippen molar-refractivity contribution in [1.29, 1.82) is 0 Å². The molecular weight excluding hydrogens is 218 g/mol. The van der Waals surface area contributed by atoms with Crippen LogP contribution in [0.2, 0.25) is 0 Å². The number of ether oxygens (including phenoxy) is 2. The first-order chi connectivity index (χ1) is 8.24. The van der Waals surface area contributed by atoms with Gasteiger partial charge < -0.3 is 9.47 Å². The highest BCUT2D eigenvalue weighted by Crippen LogP contribution is 2.33. The number of methoxy groups -OCH3 is 1. The third kappa shape index (κ3) is 2.46. The molecule has 0 amide bonds. The molecule has 90 valence electrons. The maximum absolute atomic E-state index is 11.4. The van der Waals surface area contributed by atoms with Gasteiger partial charge in [-0.2, -0.15) is 0 Å². The van der Waals surface area contributed by atoms with Gasteiger partial charge >= 0.3 is 5.97 Å². The number of nitrogens with zero attached hydrogens (tertiary/aromatic N) is 1. The number of fused-ring (bicyclic) bond motifs is 1. The lowest BCUT2D eigenvalue weighted by Crippen LogP contribution is -2.00. The standard InChI is InChI=1S/C13H15NO3/c1-3-17-13(15)6-9-4-5-10-8-14-12(16-2)7-11(9)10/h6-8H,3-5H2,1-2H3. The van der Waals surface area contributed by atoms with Gasteiger partial charge in [0.25, 0.3) is 0 Å². The summed E-state index contributed by atoms with van der Waals surface area (Å²) < 4.78 is 10.00. The summed E-state index contributed by atoms with van der Waals surface area (Å²) in [5.41, 5.74) is 3.20. The molecule has 1 aromatic rings. The van der Waals surface area contributed by atoms with Crippen molar-refractivity contribution in [2.75, 3.05) is 13.7 Å². The van der Waals surface area contributed by atoms with Crippen molar-refractivity contribution in [1.82, 2.24) is 4.98 Å². The van der Waals surface area contributed by atoms with Crippen molar-refractivity contribution in [3.8, 4) is 5.88 Å². The molecule has 4 heteroatoms. The van der Waals surface area contributed by atoms with Crippen molar-refractivity contribution in [3.05, 3.63) is 29.5 Å². The Morgan fingerprint density at radius 3 is 3.06 bits per heavy atom. The van der Waals surface area contributed by atoms with Gasteiger partial charge in [0.15, 0.2) is 0 Å². The van der Waals surface area contributed by atoms with Crippen LogP contribution in [0.1, 0.15) is 24.5 Å². The molecule has 4 nitrogen and oxygen atoms in total. The second kappa shape index (κ2) is 4.99. The first kappa shape index (κ1) is 11.6. The van der Waals surface area contributed by atoms with E-state index in [0.717, 1.165) is 29.5 Å². The van der Waals surface area contributed by atoms with Gasteiger partial charge in [0.1, 0.15) is 0 Å². The number of carbonyl (C=O) groups is 1. The maximum atomic E-state index is 11.4. The lowest BCUT2D eigenvalue weighted by atomic mass is 10.1. The lowest BCUT2D eigenvalue weighted by molar-refractivity contribution is -0.137. The average molecular weight is 233 g/mol. The zero-order valence-electron chi connectivity index (χ0n) is 10.0. The molecule has 0 bridgehead atoms. The van der Waals surface area contributed by atoms with Crippen molar-refractivity contribution >= 4 is 11.5 Å². The molecule has 0 radical (unpaired) electrons. The molecule has 0 aliphatic heterocycles. The molecular formula is C13H15NO3. The number of allylic oxidation sites excluding steroid dienone is 1. The van der Waals surface area contributed by atoms with Crippen LogP contribution in [0.3, 0.4) is 0 Å². The minimum atomic E-state index is -0.286. The number of hydrogen-bond donors (Lipinski definition) is 0. The van der Waals surface area contributed by atoms with Crippen molar-refractivity contribution in [3.63, 3.8) is 0 Å². The summed E-state index contributed by atoms with van der Waals surface area (Å²) in [4.78, 5) is 15.6. The lowest BCUT2D eigenvalue weighted by Gasteiger charge is -2.04. The molecule has 0 N–H and O–H groups in total. The summed E-state index contributed by atoms with van der Waals surface area (Å²) >= 11 is 0. The van der Waals surface area contributed by atoms with E-state index in [2.05, 4.69) is 4.98 Å². The first-order valence-corrected chi connectivity index (χ1v) is 5.65. The van der Waals surface area contributed by atoms with Gasteiger partial charge in [-0.15, -0.1) is 0 Å². The predicted molar refractivity (Wildman–Crippen MR) is 63.7 cm³/mol. The number of aryl methyl sites for hydroxylation is 1. The summed E-state index contributed by atoms with van der Waals surface area (Å²) in [7, 11) is 1.58. The number of esters is 1. The van der Waals surface area contributed by atoms with E-state index in [9.17, 15) is 4.79 Å². The van der Waals surface area contributed by atoms with E-state index >= 15 is 0 Å². The Morgan fingerprint density at radius 2 is 2.35 bits per heavy atom. The van der Waals surface area contributed by atoms with Crippen LogP contribution in [0, 0.1) is 0 Å². The van der Waals surface area contributed by atoms with Gasteiger partial charge in [-0.25, -0.2) is 9.78 Å². The summed E-state index contributed by atoms with van der Waals surface area (Å²) in [6.07, 6.45) is 5.13. The fourth-order valence-electron chi connectivity index (χ4n) is 1.95. The van der Waals surface area contributed by atoms with Crippen LogP contribution in [-0.2, 0) is 16.0 Å². The largest absolute Gasteiger partial charge is 0.481 e. The summed E-state index contributed by atoms with van der Waals surface area (Å²) in [5.74, 6) is 0.284. The monoisotopic (exact) mass is 233 g/mol. The van der Waals surface area contributed by atoms with Gasteiger partial charge in [-0.05, 0) is 36.5 Å². The highest BCUT2D eigenvalue weighted by atomic mass is 16.5. The van der Waals surface area contributed by atoms with Crippen LogP contribution >= 0.6 is 0 Å². The molecule has 0 aromatic carbocycles. The topological polar surface area (TPSA) is 48.4 Å². The fourth-order valence-corrected chi connectivity index (χ4v) is 1.95. The molecule has 17 heavy (non-hydrogen) atoms. The van der Waals surface area contributed by atoms with Crippen molar-refractivity contribution < 1.29 is 14.3 Å². The van der Waals surface area contributed by atoms with Crippen molar-refractivity contribution in [2.45, 2.75) is 19.8 Å². The third-order valence-electron chi connectivity index (χ3n) is 2.76. The average Bonchev–Trinajstić information content (AvgIpc) is 2.72. The number of hydrogen-bond acceptors (Lipinski definition) is 4. The Balaban J connectivity index is 2.29. The van der Waals surface area contributed by atoms with Crippen LogP contribution < -0.4 is 4.74 Å². The Kier molecular flexibility index (Phi) is 3.42. The van der Waals surface area contributed by atoms with Crippen LogP contribution in [0.4, 0.5) is 0 Å². The molecule has 0 spiro atoms. The Hall–Kier alpha value is -1.84. The molecule has 0 fully saturated rings. The smallest absolute Gasteiger partial charge is 0.331 e. The summed E-state index contributed by atoms with van der Waals surface area (Å²) in [5, 5.41) is 0. The van der Waals surface area contributed by atoms with Gasteiger partial charge in [-0.3, -0.25) is 0 Å². The second-order valence-corrected chi connectivity index (χ2v) is 3.81. The summed E-state index contributed by atoms with van der Waals surface area (Å²) in [6, 6.07) is 1.87. The highest BCUT2D eigenvalue weighted by Gasteiger charge is 2.18. The Morgan fingerprint density at radius 1 is 1.53 bits per heavy atom. The number of pyridine rings is 1. The number of rotatable bonds is 3. The fraction of sp³-hybridized carbons (Fsp3) is 0.385. The molecule has 1 heterocycles. The third-order valence-corrected chi connectivity index (χ3v) is 2.76. The van der Waals surface area contributed by atoms with Gasteiger partial charge in [0, 0.05) is 18.3 Å². The van der Waals surface area contributed by atoms with Gasteiger partial charge in [-0.1, -0.05) is 0 Å². The quantitative estimate of drug-likeness (QED) is 0.591. The van der Waals surface area contributed by atoms with Crippen LogP contribution in [0.15, 0.2) is 18.3 Å². The first-order valence-electron chi connectivity index (χ1n) is 5.65. The van der Waals surface area contributed by atoms with E-state index in [4.69, 9.17) is 9.47 Å². The second-order valence-electron chi connectivity index (χ2n) is 3.81. The molecule has 0 atom stereocenters.